The maximum Gasteiger partial charge on any atom is 0.292 e. The highest BCUT2D eigenvalue weighted by molar-refractivity contribution is 7.89. The first kappa shape index (κ1) is 11.9. The number of nitrogens with zero attached hydrogens (tertiary/aromatic N) is 1. The second-order valence-corrected chi connectivity index (χ2v) is 5.59. The molecule has 6 heteroatoms. The minimum absolute atomic E-state index is 0.223. The van der Waals surface area contributed by atoms with Crippen molar-refractivity contribution in [2.45, 2.75) is 25.7 Å². The van der Waals surface area contributed by atoms with Crippen LogP contribution >= 0.6 is 0 Å². The molecular formula is C10H17NO4S. The lowest BCUT2D eigenvalue weighted by Crippen LogP contribution is -2.37. The van der Waals surface area contributed by atoms with E-state index in [9.17, 15) is 13.0 Å². The highest BCUT2D eigenvalue weighted by atomic mass is 32.2. The fraction of sp³-hybridized carbons (Fsp3) is 0.800. The number of morpholine rings is 1. The van der Waals surface area contributed by atoms with E-state index in [1.165, 1.54) is 0 Å². The number of allylic oxidation sites excluding steroid dienone is 2. The van der Waals surface area contributed by atoms with Crippen LogP contribution < -0.4 is 0 Å². The topological polar surface area (TPSA) is 66.8 Å². The summed E-state index contributed by atoms with van der Waals surface area (Å²) in [6.45, 7) is 2.69. The molecule has 1 saturated heterocycles. The van der Waals surface area contributed by atoms with Gasteiger partial charge in [0.15, 0.2) is 0 Å². The Morgan fingerprint density at radius 1 is 1.12 bits per heavy atom. The third-order valence-corrected chi connectivity index (χ3v) is 4.16. The molecule has 1 fully saturated rings. The normalized spacial score (nSPS) is 23.7. The summed E-state index contributed by atoms with van der Waals surface area (Å²) in [6, 6.07) is 0. The van der Waals surface area contributed by atoms with Gasteiger partial charge >= 0.3 is 0 Å². The Morgan fingerprint density at radius 2 is 1.75 bits per heavy atom. The molecule has 2 aliphatic rings. The molecule has 0 amide bonds. The molecule has 0 unspecified atom stereocenters. The Morgan fingerprint density at radius 3 is 2.38 bits per heavy atom. The average Bonchev–Trinajstić information content (AvgIpc) is 2.29. The monoisotopic (exact) mass is 247 g/mol. The molecule has 1 aliphatic heterocycles. The van der Waals surface area contributed by atoms with E-state index in [1.807, 2.05) is 4.90 Å². The predicted octanol–water partition coefficient (Wildman–Crippen LogP) is 0.992. The first-order valence-electron chi connectivity index (χ1n) is 5.61. The molecule has 0 bridgehead atoms. The molecule has 2 rings (SSSR count). The fourth-order valence-electron chi connectivity index (χ4n) is 2.31. The van der Waals surface area contributed by atoms with Gasteiger partial charge in [-0.3, -0.25) is 4.55 Å². The van der Waals surface area contributed by atoms with Gasteiger partial charge in [0.1, 0.15) is 0 Å². The predicted molar refractivity (Wildman–Crippen MR) is 59.4 cm³/mol. The van der Waals surface area contributed by atoms with Crippen LogP contribution in [0.5, 0.6) is 0 Å². The molecule has 0 atom stereocenters. The van der Waals surface area contributed by atoms with Crippen molar-refractivity contribution in [1.82, 2.24) is 4.90 Å². The van der Waals surface area contributed by atoms with Crippen LogP contribution in [0.1, 0.15) is 25.7 Å². The van der Waals surface area contributed by atoms with Crippen LogP contribution in [0.2, 0.25) is 0 Å². The molecule has 16 heavy (non-hydrogen) atoms. The Kier molecular flexibility index (Phi) is 3.51. The average molecular weight is 247 g/mol. The molecule has 1 aliphatic carbocycles. The maximum absolute atomic E-state index is 11.3. The van der Waals surface area contributed by atoms with E-state index < -0.39 is 10.1 Å². The Bertz CT molecular complexity index is 382. The van der Waals surface area contributed by atoms with Crippen molar-refractivity contribution in [3.05, 3.63) is 10.6 Å². The molecule has 0 saturated carbocycles. The summed E-state index contributed by atoms with van der Waals surface area (Å²) in [5.74, 6) is 0. The summed E-state index contributed by atoms with van der Waals surface area (Å²) in [7, 11) is -4.03. The number of hydrogen-bond donors (Lipinski definition) is 1. The zero-order valence-corrected chi connectivity index (χ0v) is 10.0. The quantitative estimate of drug-likeness (QED) is 0.737. The third-order valence-electron chi connectivity index (χ3n) is 3.09. The van der Waals surface area contributed by atoms with Crippen molar-refractivity contribution in [2.75, 3.05) is 26.3 Å². The molecule has 0 radical (unpaired) electrons. The van der Waals surface area contributed by atoms with Gasteiger partial charge in [0.25, 0.3) is 10.1 Å². The SMILES string of the molecule is O=S(=O)(O)C1=C(N2CCOCC2)CCCC1. The highest BCUT2D eigenvalue weighted by Crippen LogP contribution is 2.30. The molecule has 0 aromatic carbocycles. The van der Waals surface area contributed by atoms with Gasteiger partial charge in [-0.25, -0.2) is 0 Å². The molecule has 0 aromatic rings. The van der Waals surface area contributed by atoms with Crippen molar-refractivity contribution >= 4 is 10.1 Å². The van der Waals surface area contributed by atoms with E-state index in [0.717, 1.165) is 25.0 Å². The summed E-state index contributed by atoms with van der Waals surface area (Å²) < 4.78 is 37.0. The molecule has 5 nitrogen and oxygen atoms in total. The molecule has 92 valence electrons. The van der Waals surface area contributed by atoms with E-state index >= 15 is 0 Å². The van der Waals surface area contributed by atoms with Crippen LogP contribution in [-0.2, 0) is 14.9 Å². The summed E-state index contributed by atoms with van der Waals surface area (Å²) in [6.07, 6.45) is 3.04. The van der Waals surface area contributed by atoms with Crippen molar-refractivity contribution in [3.8, 4) is 0 Å². The number of rotatable bonds is 2. The molecule has 1 heterocycles. The standard InChI is InChI=1S/C10H17NO4S/c12-16(13,14)10-4-2-1-3-9(10)11-5-7-15-8-6-11/h1-8H2,(H,12,13,14). The van der Waals surface area contributed by atoms with Gasteiger partial charge in [0, 0.05) is 18.8 Å². The fourth-order valence-corrected chi connectivity index (χ4v) is 3.24. The second kappa shape index (κ2) is 4.73. The summed E-state index contributed by atoms with van der Waals surface area (Å²) in [5, 5.41) is 0. The Balaban J connectivity index is 2.29. The van der Waals surface area contributed by atoms with Gasteiger partial charge in [-0.2, -0.15) is 8.42 Å². The van der Waals surface area contributed by atoms with Gasteiger partial charge in [-0.15, -0.1) is 0 Å². The summed E-state index contributed by atoms with van der Waals surface area (Å²) in [5.41, 5.74) is 0.803. The molecule has 0 aromatic heterocycles. The van der Waals surface area contributed by atoms with E-state index in [1.54, 1.807) is 0 Å². The van der Waals surface area contributed by atoms with Crippen LogP contribution in [-0.4, -0.2) is 44.2 Å². The minimum Gasteiger partial charge on any atom is -0.378 e. The van der Waals surface area contributed by atoms with Crippen LogP contribution in [0.25, 0.3) is 0 Å². The van der Waals surface area contributed by atoms with Crippen molar-refractivity contribution in [3.63, 3.8) is 0 Å². The third kappa shape index (κ3) is 2.56. The first-order chi connectivity index (χ1) is 7.59. The van der Waals surface area contributed by atoms with E-state index in [4.69, 9.17) is 4.74 Å². The minimum atomic E-state index is -4.03. The smallest absolute Gasteiger partial charge is 0.292 e. The first-order valence-corrected chi connectivity index (χ1v) is 7.05. The Labute approximate surface area is 95.8 Å². The second-order valence-electron chi connectivity index (χ2n) is 4.15. The zero-order valence-electron chi connectivity index (χ0n) is 9.18. The van der Waals surface area contributed by atoms with Gasteiger partial charge in [0.2, 0.25) is 0 Å². The largest absolute Gasteiger partial charge is 0.378 e. The van der Waals surface area contributed by atoms with Crippen molar-refractivity contribution in [1.29, 1.82) is 0 Å². The lowest BCUT2D eigenvalue weighted by molar-refractivity contribution is 0.0510. The van der Waals surface area contributed by atoms with Gasteiger partial charge in [0.05, 0.1) is 18.1 Å². The highest BCUT2D eigenvalue weighted by Gasteiger charge is 2.26. The van der Waals surface area contributed by atoms with E-state index in [-0.39, 0.29) is 4.91 Å². The number of hydrogen-bond acceptors (Lipinski definition) is 4. The molecular weight excluding hydrogens is 230 g/mol. The lowest BCUT2D eigenvalue weighted by Gasteiger charge is -2.34. The van der Waals surface area contributed by atoms with Crippen molar-refractivity contribution in [2.24, 2.45) is 0 Å². The summed E-state index contributed by atoms with van der Waals surface area (Å²) >= 11 is 0. The van der Waals surface area contributed by atoms with Gasteiger partial charge in [-0.1, -0.05) is 0 Å². The van der Waals surface area contributed by atoms with Crippen LogP contribution in [0, 0.1) is 0 Å². The Hall–Kier alpha value is -0.590. The van der Waals surface area contributed by atoms with Gasteiger partial charge in [-0.05, 0) is 25.7 Å². The van der Waals surface area contributed by atoms with Crippen LogP contribution in [0.4, 0.5) is 0 Å². The molecule has 1 N–H and O–H groups in total. The summed E-state index contributed by atoms with van der Waals surface area (Å²) in [4.78, 5) is 2.26. The van der Waals surface area contributed by atoms with Crippen molar-refractivity contribution < 1.29 is 17.7 Å². The number of ether oxygens (including phenoxy) is 1. The van der Waals surface area contributed by atoms with Gasteiger partial charge < -0.3 is 9.64 Å². The van der Waals surface area contributed by atoms with Crippen LogP contribution in [0.3, 0.4) is 0 Å². The van der Waals surface area contributed by atoms with E-state index in [0.29, 0.717) is 32.7 Å². The van der Waals surface area contributed by atoms with Crippen LogP contribution in [0.15, 0.2) is 10.6 Å². The zero-order chi connectivity index (χ0) is 11.6. The lowest BCUT2D eigenvalue weighted by atomic mass is 10.0. The molecule has 0 spiro atoms. The van der Waals surface area contributed by atoms with E-state index in [2.05, 4.69) is 0 Å². The maximum atomic E-state index is 11.3.